The molecule has 2 aromatic heterocycles. The van der Waals surface area contributed by atoms with Gasteiger partial charge in [0.1, 0.15) is 5.82 Å². The number of aromatic nitrogens is 4. The maximum Gasteiger partial charge on any atom is 0.434 e. The highest BCUT2D eigenvalue weighted by Gasteiger charge is 2.27. The average Bonchev–Trinajstić information content (AvgIpc) is 2.92. The summed E-state index contributed by atoms with van der Waals surface area (Å²) in [4.78, 5) is 22.8. The number of ether oxygens (including phenoxy) is 1. The molecule has 122 valence electrons. The third-order valence-corrected chi connectivity index (χ3v) is 4.22. The van der Waals surface area contributed by atoms with Crippen molar-refractivity contribution in [3.05, 3.63) is 23.5 Å². The maximum atomic E-state index is 12.0. The van der Waals surface area contributed by atoms with Crippen LogP contribution >= 0.6 is 11.8 Å². The lowest BCUT2D eigenvalue weighted by Crippen LogP contribution is -2.33. The van der Waals surface area contributed by atoms with Gasteiger partial charge in [-0.05, 0) is 19.2 Å². The summed E-state index contributed by atoms with van der Waals surface area (Å²) in [6.45, 7) is 3.35. The quantitative estimate of drug-likeness (QED) is 0.666. The molecule has 0 amide bonds. The molecule has 2 aromatic rings. The van der Waals surface area contributed by atoms with E-state index in [9.17, 15) is 4.79 Å². The second kappa shape index (κ2) is 6.45. The lowest BCUT2D eigenvalue weighted by molar-refractivity contribution is 0.149. The summed E-state index contributed by atoms with van der Waals surface area (Å²) in [5.41, 5.74) is 7.66. The number of thioether (sulfide) groups is 1. The number of carbonyl (C=O) groups excluding carboxylic acids is 1. The zero-order valence-electron chi connectivity index (χ0n) is 13.0. The fraction of sp³-hybridized carbons (Fsp3) is 0.429. The van der Waals surface area contributed by atoms with E-state index in [0.29, 0.717) is 25.4 Å². The van der Waals surface area contributed by atoms with Gasteiger partial charge in [0.25, 0.3) is 0 Å². The van der Waals surface area contributed by atoms with Gasteiger partial charge in [-0.25, -0.2) is 14.8 Å². The molecular weight excluding hydrogens is 316 g/mol. The minimum atomic E-state index is -0.486. The van der Waals surface area contributed by atoms with Crippen molar-refractivity contribution in [2.45, 2.75) is 25.0 Å². The van der Waals surface area contributed by atoms with Crippen molar-refractivity contribution < 1.29 is 9.53 Å². The molecule has 1 aliphatic rings. The number of hydrogen-bond donors (Lipinski definition) is 1. The van der Waals surface area contributed by atoms with Gasteiger partial charge in [0.2, 0.25) is 0 Å². The molecule has 0 atom stereocenters. The van der Waals surface area contributed by atoms with E-state index in [0.717, 1.165) is 28.8 Å². The van der Waals surface area contributed by atoms with E-state index in [-0.39, 0.29) is 0 Å². The highest BCUT2D eigenvalue weighted by atomic mass is 32.2. The first-order valence-corrected chi connectivity index (χ1v) is 8.51. The summed E-state index contributed by atoms with van der Waals surface area (Å²) in [6.07, 6.45) is 3.85. The lowest BCUT2D eigenvalue weighted by atomic mass is 10.1. The average molecular weight is 334 g/mol. The molecule has 0 unspecified atom stereocenters. The Balaban J connectivity index is 1.87. The number of nitrogens with zero attached hydrogens (tertiary/aromatic N) is 5. The summed E-state index contributed by atoms with van der Waals surface area (Å²) in [6, 6.07) is 1.87. The topological polar surface area (TPSA) is 99.2 Å². The molecule has 0 spiro atoms. The first-order valence-electron chi connectivity index (χ1n) is 7.29. The van der Waals surface area contributed by atoms with Crippen LogP contribution < -0.4 is 10.6 Å². The van der Waals surface area contributed by atoms with Crippen molar-refractivity contribution in [1.29, 1.82) is 0 Å². The van der Waals surface area contributed by atoms with Crippen molar-refractivity contribution in [3.63, 3.8) is 0 Å². The summed E-state index contributed by atoms with van der Waals surface area (Å²) in [7, 11) is 0. The molecule has 8 nitrogen and oxygen atoms in total. The van der Waals surface area contributed by atoms with E-state index in [4.69, 9.17) is 10.5 Å². The maximum absolute atomic E-state index is 12.0. The molecule has 23 heavy (non-hydrogen) atoms. The van der Waals surface area contributed by atoms with Gasteiger partial charge in [-0.1, -0.05) is 11.8 Å². The monoisotopic (exact) mass is 334 g/mol. The van der Waals surface area contributed by atoms with Crippen LogP contribution in [0.25, 0.3) is 0 Å². The molecule has 0 saturated carbocycles. The smallest absolute Gasteiger partial charge is 0.434 e. The number of hydrogen-bond acceptors (Lipinski definition) is 8. The fourth-order valence-electron chi connectivity index (χ4n) is 2.58. The van der Waals surface area contributed by atoms with Crippen molar-refractivity contribution in [2.24, 2.45) is 0 Å². The van der Waals surface area contributed by atoms with E-state index in [1.165, 1.54) is 16.4 Å². The van der Waals surface area contributed by atoms with Gasteiger partial charge in [-0.2, -0.15) is 4.68 Å². The van der Waals surface area contributed by atoms with Crippen LogP contribution in [-0.2, 0) is 17.7 Å². The van der Waals surface area contributed by atoms with Crippen LogP contribution in [0.15, 0.2) is 17.4 Å². The predicted molar refractivity (Wildman–Crippen MR) is 87.6 cm³/mol. The lowest BCUT2D eigenvalue weighted by Gasteiger charge is -2.28. The Labute approximate surface area is 138 Å². The van der Waals surface area contributed by atoms with E-state index in [1.54, 1.807) is 13.1 Å². The van der Waals surface area contributed by atoms with Crippen LogP contribution in [0, 0.1) is 0 Å². The molecule has 0 aromatic carbocycles. The minimum Gasteiger partial charge on any atom is -0.448 e. The van der Waals surface area contributed by atoms with Gasteiger partial charge in [0, 0.05) is 31.3 Å². The standard InChI is InChI=1S/C14H18N6O2S/c1-3-22-14(21)20-10-5-7-19(8-9(10)12(15)18-20)11-4-6-16-13(17-11)23-2/h4,6H,3,5,7-8H2,1-2H3,(H2,15,18). The van der Waals surface area contributed by atoms with E-state index in [2.05, 4.69) is 20.0 Å². The normalized spacial score (nSPS) is 13.7. The van der Waals surface area contributed by atoms with Crippen molar-refractivity contribution in [1.82, 2.24) is 19.7 Å². The third kappa shape index (κ3) is 2.96. The van der Waals surface area contributed by atoms with Gasteiger partial charge in [0.05, 0.1) is 12.3 Å². The molecule has 2 N–H and O–H groups in total. The number of anilines is 2. The van der Waals surface area contributed by atoms with Crippen LogP contribution in [0.3, 0.4) is 0 Å². The highest BCUT2D eigenvalue weighted by Crippen LogP contribution is 2.27. The molecule has 0 aliphatic carbocycles. The molecule has 1 aliphatic heterocycles. The Hall–Kier alpha value is -2.29. The SMILES string of the molecule is CCOC(=O)n1nc(N)c2c1CCN(c1ccnc(SC)n1)C2. The zero-order chi connectivity index (χ0) is 16.4. The third-order valence-electron chi connectivity index (χ3n) is 3.65. The van der Waals surface area contributed by atoms with Crippen LogP contribution in [0.1, 0.15) is 18.2 Å². The van der Waals surface area contributed by atoms with Gasteiger partial charge in [-0.3, -0.25) is 0 Å². The first-order chi connectivity index (χ1) is 11.1. The molecule has 0 bridgehead atoms. The number of nitrogen functional groups attached to an aromatic ring is 1. The van der Waals surface area contributed by atoms with Crippen LogP contribution in [0.5, 0.6) is 0 Å². The highest BCUT2D eigenvalue weighted by molar-refractivity contribution is 7.98. The van der Waals surface area contributed by atoms with Gasteiger partial charge < -0.3 is 15.4 Å². The number of carbonyl (C=O) groups is 1. The second-order valence-electron chi connectivity index (χ2n) is 4.99. The van der Waals surface area contributed by atoms with Gasteiger partial charge >= 0.3 is 6.09 Å². The van der Waals surface area contributed by atoms with Crippen LogP contribution in [0.4, 0.5) is 16.4 Å². The molecule has 9 heteroatoms. The fourth-order valence-corrected chi connectivity index (χ4v) is 2.93. The summed E-state index contributed by atoms with van der Waals surface area (Å²) < 4.78 is 6.29. The second-order valence-corrected chi connectivity index (χ2v) is 5.77. The van der Waals surface area contributed by atoms with E-state index < -0.39 is 6.09 Å². The number of nitrogens with two attached hydrogens (primary N) is 1. The summed E-state index contributed by atoms with van der Waals surface area (Å²) in [5.74, 6) is 1.20. The summed E-state index contributed by atoms with van der Waals surface area (Å²) in [5, 5.41) is 4.85. The van der Waals surface area contributed by atoms with Gasteiger partial charge in [0.15, 0.2) is 11.0 Å². The predicted octanol–water partition coefficient (Wildman–Crippen LogP) is 1.54. The van der Waals surface area contributed by atoms with Crippen LogP contribution in [0.2, 0.25) is 0 Å². The van der Waals surface area contributed by atoms with Crippen LogP contribution in [-0.4, -0.2) is 45.2 Å². The van der Waals surface area contributed by atoms with Crippen molar-refractivity contribution in [2.75, 3.05) is 30.0 Å². The number of rotatable bonds is 3. The van der Waals surface area contributed by atoms with Crippen molar-refractivity contribution >= 4 is 29.5 Å². The molecule has 0 radical (unpaired) electrons. The molecule has 3 heterocycles. The largest absolute Gasteiger partial charge is 0.448 e. The Kier molecular flexibility index (Phi) is 4.37. The van der Waals surface area contributed by atoms with Gasteiger partial charge in [-0.15, -0.1) is 5.10 Å². The molecule has 0 fully saturated rings. The Bertz CT molecular complexity index is 732. The van der Waals surface area contributed by atoms with Crippen molar-refractivity contribution in [3.8, 4) is 0 Å². The molecular formula is C14H18N6O2S. The number of fused-ring (bicyclic) bond motifs is 1. The molecule has 3 rings (SSSR count). The minimum absolute atomic E-state index is 0.303. The summed E-state index contributed by atoms with van der Waals surface area (Å²) >= 11 is 1.50. The Morgan fingerprint density at radius 3 is 3.09 bits per heavy atom. The molecule has 0 saturated heterocycles. The van der Waals surface area contributed by atoms with E-state index in [1.807, 2.05) is 12.3 Å². The zero-order valence-corrected chi connectivity index (χ0v) is 13.8. The Morgan fingerprint density at radius 2 is 2.35 bits per heavy atom. The first kappa shape index (κ1) is 15.6. The Morgan fingerprint density at radius 1 is 1.52 bits per heavy atom. The van der Waals surface area contributed by atoms with E-state index >= 15 is 0 Å².